The Bertz CT molecular complexity index is 143. The number of carbonyl (C=O) groups is 1. The quantitative estimate of drug-likeness (QED) is 0.589. The SMILES string of the molecule is CCOC(=O)N=CC(C)CC. The van der Waals surface area contributed by atoms with E-state index in [0.29, 0.717) is 12.5 Å². The molecule has 0 N–H and O–H groups in total. The van der Waals surface area contributed by atoms with Crippen LogP contribution in [0, 0.1) is 5.92 Å². The molecule has 3 heteroatoms. The Morgan fingerprint density at radius 3 is 2.73 bits per heavy atom. The van der Waals surface area contributed by atoms with E-state index in [9.17, 15) is 4.79 Å². The molecule has 0 aliphatic carbocycles. The minimum Gasteiger partial charge on any atom is -0.448 e. The second-order valence-corrected chi connectivity index (χ2v) is 2.36. The van der Waals surface area contributed by atoms with E-state index >= 15 is 0 Å². The van der Waals surface area contributed by atoms with Crippen LogP contribution in [0.5, 0.6) is 0 Å². The van der Waals surface area contributed by atoms with Gasteiger partial charge in [-0.15, -0.1) is 0 Å². The van der Waals surface area contributed by atoms with Crippen LogP contribution in [-0.4, -0.2) is 18.9 Å². The summed E-state index contributed by atoms with van der Waals surface area (Å²) in [5.41, 5.74) is 0. The van der Waals surface area contributed by atoms with Gasteiger partial charge in [0.15, 0.2) is 0 Å². The van der Waals surface area contributed by atoms with Crippen molar-refractivity contribution < 1.29 is 9.53 Å². The molecule has 3 nitrogen and oxygen atoms in total. The lowest BCUT2D eigenvalue weighted by molar-refractivity contribution is 0.163. The minimum atomic E-state index is -0.493. The van der Waals surface area contributed by atoms with Crippen molar-refractivity contribution in [2.75, 3.05) is 6.61 Å². The summed E-state index contributed by atoms with van der Waals surface area (Å²) in [4.78, 5) is 14.2. The van der Waals surface area contributed by atoms with Crippen LogP contribution in [-0.2, 0) is 4.74 Å². The van der Waals surface area contributed by atoms with Crippen molar-refractivity contribution in [3.63, 3.8) is 0 Å². The minimum absolute atomic E-state index is 0.347. The predicted molar refractivity (Wildman–Crippen MR) is 45.0 cm³/mol. The second-order valence-electron chi connectivity index (χ2n) is 2.36. The number of hydrogen-bond donors (Lipinski definition) is 0. The summed E-state index contributed by atoms with van der Waals surface area (Å²) in [7, 11) is 0. The molecule has 0 rings (SSSR count). The van der Waals surface area contributed by atoms with Gasteiger partial charge in [0.2, 0.25) is 0 Å². The number of hydrogen-bond acceptors (Lipinski definition) is 2. The van der Waals surface area contributed by atoms with Crippen LogP contribution < -0.4 is 0 Å². The highest BCUT2D eigenvalue weighted by Crippen LogP contribution is 1.95. The average Bonchev–Trinajstić information content (AvgIpc) is 2.01. The summed E-state index contributed by atoms with van der Waals surface area (Å²) in [5, 5.41) is 0. The van der Waals surface area contributed by atoms with Gasteiger partial charge in [0.1, 0.15) is 0 Å². The van der Waals surface area contributed by atoms with E-state index in [1.165, 1.54) is 0 Å². The number of aliphatic imine (C=N–C) groups is 1. The Labute approximate surface area is 67.5 Å². The summed E-state index contributed by atoms with van der Waals surface area (Å²) in [5.74, 6) is 0.347. The van der Waals surface area contributed by atoms with Crippen molar-refractivity contribution >= 4 is 12.3 Å². The van der Waals surface area contributed by atoms with Crippen molar-refractivity contribution in [2.45, 2.75) is 27.2 Å². The molecule has 0 spiro atoms. The van der Waals surface area contributed by atoms with Crippen LogP contribution in [0.4, 0.5) is 4.79 Å². The van der Waals surface area contributed by atoms with Crippen molar-refractivity contribution in [1.29, 1.82) is 0 Å². The fourth-order valence-electron chi connectivity index (χ4n) is 0.454. The fourth-order valence-corrected chi connectivity index (χ4v) is 0.454. The third kappa shape index (κ3) is 5.58. The van der Waals surface area contributed by atoms with Crippen molar-refractivity contribution in [3.8, 4) is 0 Å². The van der Waals surface area contributed by atoms with Gasteiger partial charge in [0.05, 0.1) is 6.61 Å². The van der Waals surface area contributed by atoms with Crippen molar-refractivity contribution in [3.05, 3.63) is 0 Å². The molecule has 0 aromatic rings. The summed E-state index contributed by atoms with van der Waals surface area (Å²) < 4.78 is 4.60. The Morgan fingerprint density at radius 1 is 1.64 bits per heavy atom. The van der Waals surface area contributed by atoms with Gasteiger partial charge in [0, 0.05) is 6.21 Å². The first kappa shape index (κ1) is 10.1. The van der Waals surface area contributed by atoms with E-state index in [2.05, 4.69) is 9.73 Å². The maximum absolute atomic E-state index is 10.6. The number of amides is 1. The molecule has 0 aliphatic heterocycles. The number of ether oxygens (including phenoxy) is 1. The highest BCUT2D eigenvalue weighted by Gasteiger charge is 1.96. The molecular weight excluding hydrogens is 142 g/mol. The monoisotopic (exact) mass is 157 g/mol. The highest BCUT2D eigenvalue weighted by molar-refractivity contribution is 5.79. The van der Waals surface area contributed by atoms with Gasteiger partial charge < -0.3 is 4.74 Å². The normalized spacial score (nSPS) is 13.4. The van der Waals surface area contributed by atoms with Gasteiger partial charge in [-0.2, -0.15) is 4.99 Å². The first-order chi connectivity index (χ1) is 5.20. The van der Waals surface area contributed by atoms with Crippen LogP contribution in [0.3, 0.4) is 0 Å². The van der Waals surface area contributed by atoms with Gasteiger partial charge in [-0.05, 0) is 19.3 Å². The molecule has 64 valence electrons. The zero-order valence-corrected chi connectivity index (χ0v) is 7.33. The zero-order chi connectivity index (χ0) is 8.69. The molecule has 1 amide bonds. The van der Waals surface area contributed by atoms with Gasteiger partial charge in [-0.1, -0.05) is 13.8 Å². The van der Waals surface area contributed by atoms with Crippen LogP contribution in [0.1, 0.15) is 27.2 Å². The topological polar surface area (TPSA) is 38.7 Å². The predicted octanol–water partition coefficient (Wildman–Crippen LogP) is 2.26. The number of rotatable bonds is 3. The first-order valence-corrected chi connectivity index (χ1v) is 3.91. The maximum atomic E-state index is 10.6. The Balaban J connectivity index is 3.63. The molecule has 0 heterocycles. The molecule has 0 aromatic heterocycles. The molecular formula is C8H15NO2. The average molecular weight is 157 g/mol. The largest absolute Gasteiger partial charge is 0.448 e. The molecule has 1 atom stereocenters. The third-order valence-electron chi connectivity index (χ3n) is 1.35. The molecule has 0 saturated heterocycles. The Kier molecular flexibility index (Phi) is 5.43. The second kappa shape index (κ2) is 5.89. The van der Waals surface area contributed by atoms with E-state index in [-0.39, 0.29) is 0 Å². The van der Waals surface area contributed by atoms with E-state index < -0.39 is 6.09 Å². The fraction of sp³-hybridized carbons (Fsp3) is 0.750. The molecule has 0 aliphatic rings. The van der Waals surface area contributed by atoms with Gasteiger partial charge in [-0.25, -0.2) is 4.79 Å². The van der Waals surface area contributed by atoms with Crippen molar-refractivity contribution in [1.82, 2.24) is 0 Å². The number of carbonyl (C=O) groups excluding carboxylic acids is 1. The lowest BCUT2D eigenvalue weighted by Gasteiger charge is -1.98. The van der Waals surface area contributed by atoms with Crippen molar-refractivity contribution in [2.24, 2.45) is 10.9 Å². The smallest absolute Gasteiger partial charge is 0.433 e. The lowest BCUT2D eigenvalue weighted by Crippen LogP contribution is -2.01. The summed E-state index contributed by atoms with van der Waals surface area (Å²) >= 11 is 0. The number of nitrogens with zero attached hydrogens (tertiary/aromatic N) is 1. The first-order valence-electron chi connectivity index (χ1n) is 3.91. The molecule has 11 heavy (non-hydrogen) atoms. The zero-order valence-electron chi connectivity index (χ0n) is 7.33. The molecule has 0 bridgehead atoms. The van der Waals surface area contributed by atoms with E-state index in [1.807, 2.05) is 13.8 Å². The Morgan fingerprint density at radius 2 is 2.27 bits per heavy atom. The van der Waals surface area contributed by atoms with Crippen LogP contribution in [0.25, 0.3) is 0 Å². The van der Waals surface area contributed by atoms with Crippen LogP contribution in [0.2, 0.25) is 0 Å². The van der Waals surface area contributed by atoms with Gasteiger partial charge in [0.25, 0.3) is 0 Å². The van der Waals surface area contributed by atoms with Crippen LogP contribution in [0.15, 0.2) is 4.99 Å². The summed E-state index contributed by atoms with van der Waals surface area (Å²) in [6.45, 7) is 6.19. The molecule has 0 radical (unpaired) electrons. The lowest BCUT2D eigenvalue weighted by atomic mass is 10.1. The Hall–Kier alpha value is -0.860. The van der Waals surface area contributed by atoms with E-state index in [4.69, 9.17) is 0 Å². The third-order valence-corrected chi connectivity index (χ3v) is 1.35. The molecule has 0 saturated carbocycles. The van der Waals surface area contributed by atoms with E-state index in [1.54, 1.807) is 13.1 Å². The van der Waals surface area contributed by atoms with Gasteiger partial charge >= 0.3 is 6.09 Å². The van der Waals surface area contributed by atoms with Gasteiger partial charge in [-0.3, -0.25) is 0 Å². The van der Waals surface area contributed by atoms with E-state index in [0.717, 1.165) is 6.42 Å². The summed E-state index contributed by atoms with van der Waals surface area (Å²) in [6.07, 6.45) is 2.12. The molecule has 1 unspecified atom stereocenters. The maximum Gasteiger partial charge on any atom is 0.433 e. The standard InChI is InChI=1S/C8H15NO2/c1-4-7(3)6-9-8(10)11-5-2/h6-7H,4-5H2,1-3H3. The molecule has 0 aromatic carbocycles. The summed E-state index contributed by atoms with van der Waals surface area (Å²) in [6, 6.07) is 0. The molecule has 0 fully saturated rings. The highest BCUT2D eigenvalue weighted by atomic mass is 16.5. The van der Waals surface area contributed by atoms with Crippen LogP contribution >= 0.6 is 0 Å².